The van der Waals surface area contributed by atoms with Crippen LogP contribution in [0.15, 0.2) is 42.7 Å². The molecule has 0 atom stereocenters. The summed E-state index contributed by atoms with van der Waals surface area (Å²) in [4.78, 5) is 29.1. The summed E-state index contributed by atoms with van der Waals surface area (Å²) in [6, 6.07) is 8.90. The van der Waals surface area contributed by atoms with Crippen LogP contribution >= 0.6 is 24.8 Å². The molecule has 8 heteroatoms. The highest BCUT2D eigenvalue weighted by atomic mass is 35.5. The number of hydrogen-bond donors (Lipinski definition) is 3. The zero-order valence-electron chi connectivity index (χ0n) is 15.0. The van der Waals surface area contributed by atoms with Crippen molar-refractivity contribution in [2.24, 2.45) is 0 Å². The molecule has 0 unspecified atom stereocenters. The molecule has 3 N–H and O–H groups in total. The number of para-hydroxylation sites is 1. The van der Waals surface area contributed by atoms with E-state index in [0.29, 0.717) is 16.8 Å². The molecule has 0 aliphatic carbocycles. The molecule has 0 saturated carbocycles. The van der Waals surface area contributed by atoms with Crippen LogP contribution < -0.4 is 16.0 Å². The Bertz CT molecular complexity index is 766. The molecule has 1 aromatic heterocycles. The van der Waals surface area contributed by atoms with Gasteiger partial charge in [0, 0.05) is 24.0 Å². The number of anilines is 1. The number of nitrogens with one attached hydrogen (secondary N) is 3. The third kappa shape index (κ3) is 5.92. The Kier molecular flexibility index (Phi) is 9.21. The van der Waals surface area contributed by atoms with Gasteiger partial charge in [-0.15, -0.1) is 24.8 Å². The monoisotopic (exact) mass is 410 g/mol. The molecule has 146 valence electrons. The van der Waals surface area contributed by atoms with Crippen molar-refractivity contribution in [3.8, 4) is 0 Å². The van der Waals surface area contributed by atoms with Crippen molar-refractivity contribution in [3.05, 3.63) is 59.4 Å². The Morgan fingerprint density at radius 1 is 1.04 bits per heavy atom. The number of rotatable bonds is 4. The van der Waals surface area contributed by atoms with Crippen LogP contribution in [0.3, 0.4) is 0 Å². The number of carbonyl (C=O) groups excluding carboxylic acids is 2. The number of aromatic nitrogens is 1. The second-order valence-electron chi connectivity index (χ2n) is 6.19. The van der Waals surface area contributed by atoms with Crippen LogP contribution in [0.2, 0.25) is 0 Å². The van der Waals surface area contributed by atoms with Gasteiger partial charge < -0.3 is 16.0 Å². The van der Waals surface area contributed by atoms with Crippen LogP contribution in [0.5, 0.6) is 0 Å². The zero-order chi connectivity index (χ0) is 17.6. The number of aryl methyl sites for hydroxylation is 1. The van der Waals surface area contributed by atoms with Gasteiger partial charge in [-0.2, -0.15) is 0 Å². The van der Waals surface area contributed by atoms with Gasteiger partial charge in [0.1, 0.15) is 0 Å². The predicted molar refractivity (Wildman–Crippen MR) is 111 cm³/mol. The van der Waals surface area contributed by atoms with Crippen LogP contribution in [-0.2, 0) is 0 Å². The third-order valence-electron chi connectivity index (χ3n) is 4.37. The lowest BCUT2D eigenvalue weighted by molar-refractivity contribution is 0.0930. The lowest BCUT2D eigenvalue weighted by Gasteiger charge is -2.24. The molecule has 2 amide bonds. The van der Waals surface area contributed by atoms with E-state index in [4.69, 9.17) is 0 Å². The number of amides is 2. The molecule has 1 aliphatic rings. The first-order chi connectivity index (χ1) is 12.1. The average Bonchev–Trinajstić information content (AvgIpc) is 2.64. The second kappa shape index (κ2) is 10.9. The first kappa shape index (κ1) is 22.9. The predicted octanol–water partition coefficient (Wildman–Crippen LogP) is 2.97. The number of halogens is 2. The maximum absolute atomic E-state index is 12.7. The van der Waals surface area contributed by atoms with E-state index in [-0.39, 0.29) is 42.7 Å². The van der Waals surface area contributed by atoms with Crippen molar-refractivity contribution < 1.29 is 9.59 Å². The molecule has 2 aromatic rings. The van der Waals surface area contributed by atoms with E-state index in [9.17, 15) is 9.59 Å². The molecular weight excluding hydrogens is 387 g/mol. The molecule has 2 heterocycles. The number of pyridine rings is 1. The highest BCUT2D eigenvalue weighted by molar-refractivity contribution is 6.09. The molecule has 0 radical (unpaired) electrons. The standard InChI is InChI=1S/C19H22N4O2.2ClH/c1-13-3-2-4-16(19(25)22-15-7-11-21-12-8-15)17(13)23-18(24)14-5-9-20-10-6-14;;/h2-6,9-10,15,21H,7-8,11-12H2,1H3,(H,22,25)(H,23,24);2*1H. The minimum absolute atomic E-state index is 0. The van der Waals surface area contributed by atoms with Gasteiger partial charge in [0.15, 0.2) is 0 Å². The van der Waals surface area contributed by atoms with Crippen molar-refractivity contribution in [3.63, 3.8) is 0 Å². The van der Waals surface area contributed by atoms with Crippen LogP contribution in [-0.4, -0.2) is 35.9 Å². The van der Waals surface area contributed by atoms with E-state index in [0.717, 1.165) is 31.5 Å². The fraction of sp³-hybridized carbons (Fsp3) is 0.316. The normalized spacial score (nSPS) is 13.7. The van der Waals surface area contributed by atoms with Gasteiger partial charge in [0.2, 0.25) is 0 Å². The smallest absolute Gasteiger partial charge is 0.255 e. The van der Waals surface area contributed by atoms with E-state index < -0.39 is 0 Å². The first-order valence-electron chi connectivity index (χ1n) is 8.47. The van der Waals surface area contributed by atoms with Gasteiger partial charge in [-0.05, 0) is 56.6 Å². The van der Waals surface area contributed by atoms with Crippen molar-refractivity contribution in [2.75, 3.05) is 18.4 Å². The number of hydrogen-bond acceptors (Lipinski definition) is 4. The van der Waals surface area contributed by atoms with Gasteiger partial charge >= 0.3 is 0 Å². The average molecular weight is 411 g/mol. The topological polar surface area (TPSA) is 83.1 Å². The summed E-state index contributed by atoms with van der Waals surface area (Å²) < 4.78 is 0. The fourth-order valence-electron chi connectivity index (χ4n) is 2.94. The lowest BCUT2D eigenvalue weighted by Crippen LogP contribution is -2.42. The largest absolute Gasteiger partial charge is 0.349 e. The number of nitrogens with zero attached hydrogens (tertiary/aromatic N) is 1. The maximum atomic E-state index is 12.7. The van der Waals surface area contributed by atoms with Gasteiger partial charge in [-0.25, -0.2) is 0 Å². The minimum atomic E-state index is -0.257. The van der Waals surface area contributed by atoms with Crippen molar-refractivity contribution in [1.29, 1.82) is 0 Å². The molecular formula is C19H24Cl2N4O2. The van der Waals surface area contributed by atoms with Gasteiger partial charge in [0.05, 0.1) is 11.3 Å². The van der Waals surface area contributed by atoms with E-state index in [1.54, 1.807) is 30.6 Å². The number of carbonyl (C=O) groups is 2. The maximum Gasteiger partial charge on any atom is 0.255 e. The van der Waals surface area contributed by atoms with Crippen LogP contribution in [0.25, 0.3) is 0 Å². The Balaban J connectivity index is 0.00000182. The highest BCUT2D eigenvalue weighted by Crippen LogP contribution is 2.22. The van der Waals surface area contributed by atoms with Crippen LogP contribution in [0, 0.1) is 6.92 Å². The van der Waals surface area contributed by atoms with Crippen molar-refractivity contribution >= 4 is 42.3 Å². The molecule has 0 spiro atoms. The van der Waals surface area contributed by atoms with Crippen LogP contribution in [0.4, 0.5) is 5.69 Å². The van der Waals surface area contributed by atoms with Crippen LogP contribution in [0.1, 0.15) is 39.1 Å². The summed E-state index contributed by atoms with van der Waals surface area (Å²) in [6.45, 7) is 3.69. The molecule has 1 saturated heterocycles. The van der Waals surface area contributed by atoms with E-state index in [1.165, 1.54) is 0 Å². The second-order valence-corrected chi connectivity index (χ2v) is 6.19. The van der Waals surface area contributed by atoms with Gasteiger partial charge in [-0.1, -0.05) is 12.1 Å². The van der Waals surface area contributed by atoms with E-state index in [2.05, 4.69) is 20.9 Å². The minimum Gasteiger partial charge on any atom is -0.349 e. The quantitative estimate of drug-likeness (QED) is 0.723. The van der Waals surface area contributed by atoms with Gasteiger partial charge in [-0.3, -0.25) is 14.6 Å². The summed E-state index contributed by atoms with van der Waals surface area (Å²) in [5.74, 6) is -0.409. The lowest BCUT2D eigenvalue weighted by atomic mass is 10.0. The fourth-order valence-corrected chi connectivity index (χ4v) is 2.94. The Labute approximate surface area is 171 Å². The molecule has 1 aromatic carbocycles. The van der Waals surface area contributed by atoms with Gasteiger partial charge in [0.25, 0.3) is 11.8 Å². The SMILES string of the molecule is Cc1cccc(C(=O)NC2CCNCC2)c1NC(=O)c1ccncc1.Cl.Cl. The van der Waals surface area contributed by atoms with E-state index in [1.807, 2.05) is 19.1 Å². The highest BCUT2D eigenvalue weighted by Gasteiger charge is 2.20. The molecule has 3 rings (SSSR count). The summed E-state index contributed by atoms with van der Waals surface area (Å²) >= 11 is 0. The van der Waals surface area contributed by atoms with Crippen molar-refractivity contribution in [1.82, 2.24) is 15.6 Å². The Morgan fingerprint density at radius 3 is 2.37 bits per heavy atom. The molecule has 1 aliphatic heterocycles. The summed E-state index contributed by atoms with van der Waals surface area (Å²) in [6.07, 6.45) is 4.96. The first-order valence-corrected chi connectivity index (χ1v) is 8.47. The summed E-state index contributed by atoms with van der Waals surface area (Å²) in [5.41, 5.74) is 2.39. The molecule has 1 fully saturated rings. The molecule has 0 bridgehead atoms. The Morgan fingerprint density at radius 2 is 1.70 bits per heavy atom. The number of benzene rings is 1. The summed E-state index contributed by atoms with van der Waals surface area (Å²) in [7, 11) is 0. The van der Waals surface area contributed by atoms with E-state index >= 15 is 0 Å². The third-order valence-corrected chi connectivity index (χ3v) is 4.37. The summed E-state index contributed by atoms with van der Waals surface area (Å²) in [5, 5.41) is 9.23. The molecule has 27 heavy (non-hydrogen) atoms. The zero-order valence-corrected chi connectivity index (χ0v) is 16.7. The molecule has 6 nitrogen and oxygen atoms in total. The van der Waals surface area contributed by atoms with Crippen molar-refractivity contribution in [2.45, 2.75) is 25.8 Å². The number of piperidine rings is 1. The Hall–Kier alpha value is -2.15.